The van der Waals surface area contributed by atoms with Crippen LogP contribution in [0, 0.1) is 6.92 Å². The summed E-state index contributed by atoms with van der Waals surface area (Å²) in [7, 11) is 3.82. The van der Waals surface area contributed by atoms with E-state index >= 15 is 0 Å². The Labute approximate surface area is 149 Å². The number of hydrogen-bond donors (Lipinski definition) is 0. The average Bonchev–Trinajstić information content (AvgIpc) is 2.62. The van der Waals surface area contributed by atoms with Gasteiger partial charge in [0.1, 0.15) is 0 Å². The second-order valence-electron chi connectivity index (χ2n) is 6.64. The van der Waals surface area contributed by atoms with Gasteiger partial charge < -0.3 is 4.74 Å². The molecule has 4 nitrogen and oxygen atoms in total. The van der Waals surface area contributed by atoms with Crippen molar-refractivity contribution in [2.24, 2.45) is 0 Å². The molecule has 0 saturated carbocycles. The number of aryl methyl sites for hydroxylation is 1. The van der Waals surface area contributed by atoms with Gasteiger partial charge in [0.15, 0.2) is 0 Å². The quantitative estimate of drug-likeness (QED) is 0.682. The molecule has 0 radical (unpaired) electrons. The molecule has 0 aliphatic carbocycles. The van der Waals surface area contributed by atoms with Crippen LogP contribution in [-0.4, -0.2) is 35.1 Å². The van der Waals surface area contributed by atoms with Gasteiger partial charge in [-0.1, -0.05) is 18.2 Å². The summed E-state index contributed by atoms with van der Waals surface area (Å²) >= 11 is 0. The minimum Gasteiger partial charge on any atom is -0.481 e. The Balaban J connectivity index is 1.80. The van der Waals surface area contributed by atoms with Crippen molar-refractivity contribution >= 4 is 10.9 Å². The zero-order valence-electron chi connectivity index (χ0n) is 15.4. The normalized spacial score (nSPS) is 12.5. The number of methoxy groups -OCH3 is 1. The Morgan fingerprint density at radius 2 is 2.00 bits per heavy atom. The van der Waals surface area contributed by atoms with E-state index < -0.39 is 0 Å². The van der Waals surface area contributed by atoms with E-state index in [1.165, 1.54) is 5.56 Å². The zero-order valence-corrected chi connectivity index (χ0v) is 15.4. The molecule has 2 aromatic heterocycles. The Kier molecular flexibility index (Phi) is 5.29. The number of ether oxygens (including phenoxy) is 1. The van der Waals surface area contributed by atoms with Crippen molar-refractivity contribution in [1.82, 2.24) is 14.9 Å². The highest BCUT2D eigenvalue weighted by Crippen LogP contribution is 2.24. The van der Waals surface area contributed by atoms with Crippen LogP contribution in [0.2, 0.25) is 0 Å². The first-order valence-corrected chi connectivity index (χ1v) is 8.61. The standard InChI is InChI=1S/C21H25N3O/c1-15-8-9-17-13-18(21(25-4)23-20(17)11-15)14-24(3)16(2)12-19-7-5-6-10-22-19/h5-11,13,16H,12,14H2,1-4H3. The van der Waals surface area contributed by atoms with Crippen molar-refractivity contribution < 1.29 is 4.74 Å². The second kappa shape index (κ2) is 7.62. The van der Waals surface area contributed by atoms with E-state index in [1.54, 1.807) is 7.11 Å². The summed E-state index contributed by atoms with van der Waals surface area (Å²) in [5.74, 6) is 0.704. The number of benzene rings is 1. The van der Waals surface area contributed by atoms with Gasteiger partial charge in [0, 0.05) is 41.8 Å². The van der Waals surface area contributed by atoms with Gasteiger partial charge in [-0.3, -0.25) is 9.88 Å². The molecule has 1 atom stereocenters. The monoisotopic (exact) mass is 335 g/mol. The lowest BCUT2D eigenvalue weighted by atomic mass is 10.1. The molecule has 0 fully saturated rings. The third-order valence-corrected chi connectivity index (χ3v) is 4.61. The van der Waals surface area contributed by atoms with E-state index in [9.17, 15) is 0 Å². The predicted molar refractivity (Wildman–Crippen MR) is 102 cm³/mol. The third-order valence-electron chi connectivity index (χ3n) is 4.61. The molecule has 4 heteroatoms. The number of pyridine rings is 2. The largest absolute Gasteiger partial charge is 0.481 e. The number of rotatable bonds is 6. The molecule has 0 aliphatic rings. The maximum absolute atomic E-state index is 5.54. The first kappa shape index (κ1) is 17.4. The van der Waals surface area contributed by atoms with Crippen molar-refractivity contribution in [3.63, 3.8) is 0 Å². The molecular formula is C21H25N3O. The maximum Gasteiger partial charge on any atom is 0.218 e. The predicted octanol–water partition coefficient (Wildman–Crippen LogP) is 4.01. The Morgan fingerprint density at radius 3 is 2.72 bits per heavy atom. The van der Waals surface area contributed by atoms with Crippen molar-refractivity contribution in [2.45, 2.75) is 32.9 Å². The fourth-order valence-electron chi connectivity index (χ4n) is 3.00. The van der Waals surface area contributed by atoms with Crippen LogP contribution < -0.4 is 4.74 Å². The van der Waals surface area contributed by atoms with Crippen LogP contribution >= 0.6 is 0 Å². The van der Waals surface area contributed by atoms with Crippen molar-refractivity contribution in [2.75, 3.05) is 14.2 Å². The van der Waals surface area contributed by atoms with E-state index in [1.807, 2.05) is 18.3 Å². The molecule has 3 rings (SSSR count). The summed E-state index contributed by atoms with van der Waals surface area (Å²) in [6.07, 6.45) is 2.76. The highest BCUT2D eigenvalue weighted by molar-refractivity contribution is 5.80. The topological polar surface area (TPSA) is 38.2 Å². The van der Waals surface area contributed by atoms with Gasteiger partial charge in [-0.25, -0.2) is 4.98 Å². The van der Waals surface area contributed by atoms with Gasteiger partial charge >= 0.3 is 0 Å². The molecule has 0 aliphatic heterocycles. The van der Waals surface area contributed by atoms with Crippen molar-refractivity contribution in [3.05, 3.63) is 65.5 Å². The molecule has 0 spiro atoms. The van der Waals surface area contributed by atoms with Crippen molar-refractivity contribution in [3.8, 4) is 5.88 Å². The SMILES string of the molecule is COc1nc2cc(C)ccc2cc1CN(C)C(C)Cc1ccccn1. The first-order chi connectivity index (χ1) is 12.1. The van der Waals surface area contributed by atoms with Crippen LogP contribution in [0.15, 0.2) is 48.7 Å². The highest BCUT2D eigenvalue weighted by Gasteiger charge is 2.15. The summed E-state index contributed by atoms with van der Waals surface area (Å²) in [6.45, 7) is 5.08. The molecular weight excluding hydrogens is 310 g/mol. The molecule has 0 saturated heterocycles. The average molecular weight is 335 g/mol. The van der Waals surface area contributed by atoms with Crippen LogP contribution in [0.5, 0.6) is 5.88 Å². The van der Waals surface area contributed by atoms with E-state index in [4.69, 9.17) is 4.74 Å². The summed E-state index contributed by atoms with van der Waals surface area (Å²) < 4.78 is 5.54. The first-order valence-electron chi connectivity index (χ1n) is 8.61. The minimum atomic E-state index is 0.369. The minimum absolute atomic E-state index is 0.369. The smallest absolute Gasteiger partial charge is 0.218 e. The Bertz CT molecular complexity index is 848. The van der Waals surface area contributed by atoms with Crippen molar-refractivity contribution in [1.29, 1.82) is 0 Å². The van der Waals surface area contributed by atoms with Gasteiger partial charge in [0.2, 0.25) is 5.88 Å². The van der Waals surface area contributed by atoms with E-state index in [0.717, 1.165) is 35.1 Å². The third kappa shape index (κ3) is 4.15. The van der Waals surface area contributed by atoms with Gasteiger partial charge in [-0.15, -0.1) is 0 Å². The lowest BCUT2D eigenvalue weighted by molar-refractivity contribution is 0.242. The molecule has 130 valence electrons. The molecule has 1 aromatic carbocycles. The summed E-state index contributed by atoms with van der Waals surface area (Å²) in [5.41, 5.74) is 4.40. The molecule has 0 N–H and O–H groups in total. The van der Waals surface area contributed by atoms with E-state index in [2.05, 4.69) is 66.1 Å². The number of likely N-dealkylation sites (N-methyl/N-ethyl adjacent to an activating group) is 1. The highest BCUT2D eigenvalue weighted by atomic mass is 16.5. The summed E-state index contributed by atoms with van der Waals surface area (Å²) in [5, 5.41) is 1.15. The molecule has 3 aromatic rings. The van der Waals surface area contributed by atoms with Gasteiger partial charge in [-0.2, -0.15) is 0 Å². The summed E-state index contributed by atoms with van der Waals surface area (Å²) in [6, 6.07) is 14.9. The Hall–Kier alpha value is -2.46. The number of nitrogens with zero attached hydrogens (tertiary/aromatic N) is 3. The van der Waals surface area contributed by atoms with Crippen LogP contribution in [0.3, 0.4) is 0 Å². The molecule has 25 heavy (non-hydrogen) atoms. The lowest BCUT2D eigenvalue weighted by Gasteiger charge is -2.25. The summed E-state index contributed by atoms with van der Waals surface area (Å²) in [4.78, 5) is 11.4. The van der Waals surface area contributed by atoms with Crippen LogP contribution in [0.1, 0.15) is 23.7 Å². The molecule has 0 amide bonds. The van der Waals surface area contributed by atoms with Gasteiger partial charge in [-0.05, 0) is 50.7 Å². The molecule has 2 heterocycles. The van der Waals surface area contributed by atoms with E-state index in [-0.39, 0.29) is 0 Å². The number of aromatic nitrogens is 2. The van der Waals surface area contributed by atoms with Gasteiger partial charge in [0.25, 0.3) is 0 Å². The van der Waals surface area contributed by atoms with Crippen LogP contribution in [-0.2, 0) is 13.0 Å². The fourth-order valence-corrected chi connectivity index (χ4v) is 3.00. The van der Waals surface area contributed by atoms with Crippen LogP contribution in [0.4, 0.5) is 0 Å². The fraction of sp³-hybridized carbons (Fsp3) is 0.333. The van der Waals surface area contributed by atoms with Crippen LogP contribution in [0.25, 0.3) is 10.9 Å². The lowest BCUT2D eigenvalue weighted by Crippen LogP contribution is -2.30. The molecule has 1 unspecified atom stereocenters. The molecule has 0 bridgehead atoms. The maximum atomic E-state index is 5.54. The number of hydrogen-bond acceptors (Lipinski definition) is 4. The zero-order chi connectivity index (χ0) is 17.8. The second-order valence-corrected chi connectivity index (χ2v) is 6.64. The Morgan fingerprint density at radius 1 is 1.16 bits per heavy atom. The van der Waals surface area contributed by atoms with E-state index in [0.29, 0.717) is 11.9 Å². The number of fused-ring (bicyclic) bond motifs is 1. The van der Waals surface area contributed by atoms with Gasteiger partial charge in [0.05, 0.1) is 12.6 Å².